The van der Waals surface area contributed by atoms with Gasteiger partial charge in [0.05, 0.1) is 12.1 Å². The van der Waals surface area contributed by atoms with Crippen LogP contribution in [0.15, 0.2) is 29.2 Å². The third kappa shape index (κ3) is 9.44. The minimum Gasteiger partial charge on any atom is -0.350 e. The summed E-state index contributed by atoms with van der Waals surface area (Å²) < 4.78 is 1.53. The summed E-state index contributed by atoms with van der Waals surface area (Å²) in [5.74, 6) is -2.35. The van der Waals surface area contributed by atoms with Gasteiger partial charge in [0.1, 0.15) is 12.1 Å². The molecule has 264 valence electrons. The first-order valence-corrected chi connectivity index (χ1v) is 17.1. The van der Waals surface area contributed by atoms with Crippen molar-refractivity contribution >= 4 is 29.5 Å². The van der Waals surface area contributed by atoms with Crippen LogP contribution >= 0.6 is 0 Å². The molecule has 0 spiro atoms. The first-order valence-electron chi connectivity index (χ1n) is 17.1. The minimum atomic E-state index is -1.00. The number of fused-ring (bicyclic) bond motifs is 1. The van der Waals surface area contributed by atoms with Crippen LogP contribution in [-0.2, 0) is 25.7 Å². The molecule has 1 aliphatic heterocycles. The Morgan fingerprint density at radius 2 is 1.64 bits per heavy atom. The number of hydrogen-bond donors (Lipinski definition) is 4. The van der Waals surface area contributed by atoms with E-state index in [-0.39, 0.29) is 47.7 Å². The topological polar surface area (TPSA) is 159 Å². The molecule has 2 aliphatic rings. The Kier molecular flexibility index (Phi) is 13.8. The van der Waals surface area contributed by atoms with E-state index in [1.165, 1.54) is 15.5 Å². The molecule has 2 heterocycles. The van der Waals surface area contributed by atoms with Gasteiger partial charge in [-0.05, 0) is 48.0 Å². The monoisotopic (exact) mass is 658 g/mol. The highest BCUT2D eigenvalue weighted by Gasteiger charge is 2.69. The molecule has 6 atom stereocenters. The number of ketones is 1. The number of nitrogens with one attached hydrogen (secondary N) is 4. The van der Waals surface area contributed by atoms with Gasteiger partial charge < -0.3 is 30.7 Å². The van der Waals surface area contributed by atoms with Gasteiger partial charge in [-0.2, -0.15) is 0 Å². The van der Waals surface area contributed by atoms with Crippen LogP contribution in [0.25, 0.3) is 0 Å². The van der Waals surface area contributed by atoms with Gasteiger partial charge in [0, 0.05) is 31.9 Å². The van der Waals surface area contributed by atoms with Crippen molar-refractivity contribution in [2.45, 2.75) is 120 Å². The molecule has 4 N–H and O–H groups in total. The van der Waals surface area contributed by atoms with Crippen LogP contribution < -0.4 is 26.8 Å². The summed E-state index contributed by atoms with van der Waals surface area (Å²) in [5.41, 5.74) is -1.06. The Morgan fingerprint density at radius 3 is 2.17 bits per heavy atom. The maximum absolute atomic E-state index is 14.2. The van der Waals surface area contributed by atoms with Crippen molar-refractivity contribution in [3.05, 3.63) is 34.7 Å². The predicted molar refractivity (Wildman–Crippen MR) is 182 cm³/mol. The van der Waals surface area contributed by atoms with Crippen LogP contribution in [0, 0.1) is 28.6 Å². The van der Waals surface area contributed by atoms with E-state index < -0.39 is 53.2 Å². The molecule has 1 saturated carbocycles. The van der Waals surface area contributed by atoms with E-state index in [4.69, 9.17) is 0 Å². The van der Waals surface area contributed by atoms with Gasteiger partial charge in [-0.25, -0.2) is 4.79 Å². The average molecular weight is 659 g/mol. The van der Waals surface area contributed by atoms with Crippen molar-refractivity contribution in [2.75, 3.05) is 13.1 Å². The van der Waals surface area contributed by atoms with Crippen LogP contribution in [0.5, 0.6) is 0 Å². The molecule has 0 bridgehead atoms. The van der Waals surface area contributed by atoms with E-state index >= 15 is 0 Å². The molecule has 3 rings (SSSR count). The zero-order chi connectivity index (χ0) is 35.9. The molecule has 12 nitrogen and oxygen atoms in total. The molecule has 1 aromatic heterocycles. The summed E-state index contributed by atoms with van der Waals surface area (Å²) in [7, 11) is 0. The van der Waals surface area contributed by atoms with Gasteiger partial charge in [0.15, 0.2) is 0 Å². The summed E-state index contributed by atoms with van der Waals surface area (Å²) in [6, 6.07) is 1.11. The summed E-state index contributed by atoms with van der Waals surface area (Å²) in [6.07, 6.45) is 2.53. The number of nitrogens with zero attached hydrogens (tertiary/aromatic N) is 2. The van der Waals surface area contributed by atoms with Crippen LogP contribution in [0.4, 0.5) is 4.79 Å². The smallest absolute Gasteiger partial charge is 0.315 e. The number of pyridine rings is 1. The van der Waals surface area contributed by atoms with Gasteiger partial charge in [-0.3, -0.25) is 24.0 Å². The van der Waals surface area contributed by atoms with Crippen molar-refractivity contribution in [2.24, 2.45) is 28.6 Å². The lowest BCUT2D eigenvalue weighted by Crippen LogP contribution is -2.62. The minimum absolute atomic E-state index is 0.00849. The van der Waals surface area contributed by atoms with E-state index in [1.807, 2.05) is 55.4 Å². The number of carbonyl (C=O) groups excluding carboxylic acids is 5. The van der Waals surface area contributed by atoms with Crippen molar-refractivity contribution in [1.29, 1.82) is 0 Å². The van der Waals surface area contributed by atoms with Gasteiger partial charge >= 0.3 is 6.03 Å². The maximum Gasteiger partial charge on any atom is 0.315 e. The number of rotatable bonds is 13. The predicted octanol–water partition coefficient (Wildman–Crippen LogP) is 3.09. The molecular weight excluding hydrogens is 600 g/mol. The van der Waals surface area contributed by atoms with E-state index in [1.54, 1.807) is 25.3 Å². The van der Waals surface area contributed by atoms with Crippen molar-refractivity contribution in [1.82, 2.24) is 30.7 Å². The quantitative estimate of drug-likeness (QED) is 0.239. The van der Waals surface area contributed by atoms with Gasteiger partial charge in [-0.1, -0.05) is 81.7 Å². The number of aromatic nitrogens is 1. The normalized spacial score (nSPS) is 21.3. The Balaban J connectivity index is 0.00000376. The standard InChI is InChI=1S/C33H52N6O6.C2H6/c1-10-14-21(26(41)29(43)34-11-2)35-28(42)25-24-20(33(24,8)9)17-39(25)30(44)27(32(5,6)7)37-31(45)36-22(19(3)4)18-38-16-13-12-15-23(38)40;1-2/h12-13,15-16,19-22,24-25,27H,10-11,14,17-18H2,1-9H3,(H,34,43)(H,35,42)(H2,36,37,45);1-2H3/t20?,21?,22-,24?,25+,27-;/m1./s1. The van der Waals surface area contributed by atoms with E-state index in [2.05, 4.69) is 35.1 Å². The first kappa shape index (κ1) is 39.5. The van der Waals surface area contributed by atoms with Crippen molar-refractivity contribution in [3.8, 4) is 0 Å². The second kappa shape index (κ2) is 16.4. The highest BCUT2D eigenvalue weighted by atomic mass is 16.2. The average Bonchev–Trinajstić information content (AvgIpc) is 3.31. The number of Topliss-reactive ketones (excluding diaryl/α,β-unsaturated/α-hetero) is 1. The number of urea groups is 1. The highest BCUT2D eigenvalue weighted by Crippen LogP contribution is 2.65. The number of carbonyl (C=O) groups is 5. The Hall–Kier alpha value is -3.70. The lowest BCUT2D eigenvalue weighted by atomic mass is 9.85. The number of piperidine rings is 1. The number of hydrogen-bond acceptors (Lipinski definition) is 6. The van der Waals surface area contributed by atoms with Crippen molar-refractivity contribution < 1.29 is 24.0 Å². The molecule has 47 heavy (non-hydrogen) atoms. The fourth-order valence-corrected chi connectivity index (χ4v) is 6.44. The second-order valence-corrected chi connectivity index (χ2v) is 14.4. The second-order valence-electron chi connectivity index (χ2n) is 14.4. The molecule has 1 saturated heterocycles. The van der Waals surface area contributed by atoms with Crippen LogP contribution in [0.3, 0.4) is 0 Å². The lowest BCUT2D eigenvalue weighted by Gasteiger charge is -2.38. The summed E-state index contributed by atoms with van der Waals surface area (Å²) >= 11 is 0. The van der Waals surface area contributed by atoms with Crippen LogP contribution in [0.2, 0.25) is 0 Å². The Labute approximate surface area is 280 Å². The van der Waals surface area contributed by atoms with Crippen molar-refractivity contribution in [3.63, 3.8) is 0 Å². The lowest BCUT2D eigenvalue weighted by molar-refractivity contribution is -0.145. The van der Waals surface area contributed by atoms with Gasteiger partial charge in [-0.15, -0.1) is 0 Å². The number of likely N-dealkylation sites (tertiary alicyclic amines) is 1. The molecule has 5 amide bonds. The molecule has 0 aromatic carbocycles. The summed E-state index contributed by atoms with van der Waals surface area (Å²) in [6.45, 7) is 22.0. The third-order valence-corrected chi connectivity index (χ3v) is 9.33. The summed E-state index contributed by atoms with van der Waals surface area (Å²) in [4.78, 5) is 80.5. The molecule has 0 radical (unpaired) electrons. The Morgan fingerprint density at radius 1 is 1.00 bits per heavy atom. The Bertz CT molecular complexity index is 1330. The summed E-state index contributed by atoms with van der Waals surface area (Å²) in [5, 5.41) is 11.1. The zero-order valence-electron chi connectivity index (χ0n) is 30.2. The highest BCUT2D eigenvalue weighted by molar-refractivity contribution is 6.38. The van der Waals surface area contributed by atoms with Gasteiger partial charge in [0.25, 0.3) is 11.5 Å². The molecule has 1 aliphatic carbocycles. The first-order chi connectivity index (χ1) is 21.9. The SMILES string of the molecule is CC.CCCC(NC(=O)[C@@H]1C2C(CN1C(=O)[C@@H](NC(=O)N[C@H](Cn1ccccc1=O)C(C)C)C(C)(C)C)C2(C)C)C(=O)C(=O)NCC. The van der Waals surface area contributed by atoms with E-state index in [9.17, 15) is 28.8 Å². The van der Waals surface area contributed by atoms with E-state index in [0.29, 0.717) is 19.4 Å². The van der Waals surface area contributed by atoms with Gasteiger partial charge in [0.2, 0.25) is 17.6 Å². The molecule has 2 fully saturated rings. The molecular formula is C35H58N6O6. The van der Waals surface area contributed by atoms with Crippen LogP contribution in [-0.4, -0.2) is 76.3 Å². The molecule has 1 aromatic rings. The third-order valence-electron chi connectivity index (χ3n) is 9.33. The largest absolute Gasteiger partial charge is 0.350 e. The van der Waals surface area contributed by atoms with Crippen LogP contribution in [0.1, 0.15) is 89.0 Å². The molecule has 12 heteroatoms. The maximum atomic E-state index is 14.2. The number of amides is 5. The molecule has 3 unspecified atom stereocenters. The fourth-order valence-electron chi connectivity index (χ4n) is 6.44. The fraction of sp³-hybridized carbons (Fsp3) is 0.714. The number of likely N-dealkylation sites (N-methyl/N-ethyl adjacent to an activating group) is 1. The zero-order valence-corrected chi connectivity index (χ0v) is 30.2. The van der Waals surface area contributed by atoms with E-state index in [0.717, 1.165) is 0 Å².